The molecule has 0 bridgehead atoms. The third kappa shape index (κ3) is 4.59. The Labute approximate surface area is 123 Å². The lowest BCUT2D eigenvalue weighted by molar-refractivity contribution is -0.122. The topological polar surface area (TPSA) is 87.3 Å². The molecule has 1 heterocycles. The molecular weight excluding hydrogens is 270 g/mol. The highest BCUT2D eigenvalue weighted by atomic mass is 16.2. The smallest absolute Gasteiger partial charge is 0.322 e. The summed E-state index contributed by atoms with van der Waals surface area (Å²) in [5.41, 5.74) is 2.32. The van der Waals surface area contributed by atoms with Gasteiger partial charge >= 0.3 is 6.03 Å². The number of urea groups is 1. The highest BCUT2D eigenvalue weighted by Gasteiger charge is 2.28. The molecule has 1 aromatic carbocycles. The zero-order valence-corrected chi connectivity index (χ0v) is 11.9. The van der Waals surface area contributed by atoms with Gasteiger partial charge in [-0.25, -0.2) is 4.79 Å². The van der Waals surface area contributed by atoms with Gasteiger partial charge < -0.3 is 10.6 Å². The molecule has 0 spiro atoms. The van der Waals surface area contributed by atoms with E-state index in [1.54, 1.807) is 0 Å². The molecule has 1 atom stereocenters. The Kier molecular flexibility index (Phi) is 4.92. The van der Waals surface area contributed by atoms with E-state index in [-0.39, 0.29) is 11.8 Å². The molecule has 1 aromatic rings. The maximum atomic E-state index is 11.7. The Morgan fingerprint density at radius 2 is 1.95 bits per heavy atom. The molecule has 3 N–H and O–H groups in total. The molecule has 2 rings (SSSR count). The van der Waals surface area contributed by atoms with Crippen molar-refractivity contribution >= 4 is 17.8 Å². The molecule has 1 saturated heterocycles. The van der Waals surface area contributed by atoms with Gasteiger partial charge in [-0.1, -0.05) is 29.8 Å². The number of nitrogens with one attached hydrogen (secondary N) is 3. The van der Waals surface area contributed by atoms with Crippen molar-refractivity contribution in [3.63, 3.8) is 0 Å². The fraction of sp³-hybridized carbons (Fsp3) is 0.400. The number of imide groups is 1. The van der Waals surface area contributed by atoms with Crippen LogP contribution in [0.4, 0.5) is 4.79 Å². The molecule has 1 aliphatic rings. The quantitative estimate of drug-likeness (QED) is 0.672. The van der Waals surface area contributed by atoms with Crippen LogP contribution >= 0.6 is 0 Å². The van der Waals surface area contributed by atoms with E-state index >= 15 is 0 Å². The second-order valence-corrected chi connectivity index (χ2v) is 5.14. The van der Waals surface area contributed by atoms with Crippen LogP contribution < -0.4 is 16.0 Å². The van der Waals surface area contributed by atoms with Crippen molar-refractivity contribution < 1.29 is 14.4 Å². The highest BCUT2D eigenvalue weighted by molar-refractivity contribution is 6.04. The fourth-order valence-electron chi connectivity index (χ4n) is 2.12. The Hall–Kier alpha value is -2.37. The molecule has 1 fully saturated rings. The number of aryl methyl sites for hydroxylation is 2. The first-order valence-corrected chi connectivity index (χ1v) is 6.98. The van der Waals surface area contributed by atoms with Gasteiger partial charge in [0.2, 0.25) is 5.91 Å². The van der Waals surface area contributed by atoms with E-state index in [2.05, 4.69) is 16.0 Å². The number of hydrogen-bond acceptors (Lipinski definition) is 3. The van der Waals surface area contributed by atoms with Crippen molar-refractivity contribution in [2.45, 2.75) is 32.2 Å². The second kappa shape index (κ2) is 6.88. The molecule has 0 aliphatic carbocycles. The van der Waals surface area contributed by atoms with Gasteiger partial charge in [-0.2, -0.15) is 0 Å². The number of hydrogen-bond donors (Lipinski definition) is 3. The van der Waals surface area contributed by atoms with Gasteiger partial charge in [-0.05, 0) is 25.3 Å². The lowest BCUT2D eigenvalue weighted by Crippen LogP contribution is -2.34. The van der Waals surface area contributed by atoms with Crippen LogP contribution in [-0.4, -0.2) is 30.4 Å². The van der Waals surface area contributed by atoms with Crippen molar-refractivity contribution in [2.24, 2.45) is 0 Å². The van der Waals surface area contributed by atoms with E-state index in [9.17, 15) is 14.4 Å². The molecule has 1 unspecified atom stereocenters. The van der Waals surface area contributed by atoms with E-state index in [0.717, 1.165) is 5.56 Å². The summed E-state index contributed by atoms with van der Waals surface area (Å²) >= 11 is 0. The summed E-state index contributed by atoms with van der Waals surface area (Å²) in [6.07, 6.45) is 1.49. The molecule has 21 heavy (non-hydrogen) atoms. The molecule has 4 amide bonds. The molecule has 6 nitrogen and oxygen atoms in total. The van der Waals surface area contributed by atoms with Crippen LogP contribution in [0.15, 0.2) is 24.3 Å². The molecule has 0 radical (unpaired) electrons. The summed E-state index contributed by atoms with van der Waals surface area (Å²) in [6.45, 7) is 2.39. The maximum Gasteiger partial charge on any atom is 0.322 e. The summed E-state index contributed by atoms with van der Waals surface area (Å²) < 4.78 is 0. The minimum absolute atomic E-state index is 0.0553. The summed E-state index contributed by atoms with van der Waals surface area (Å²) in [6, 6.07) is 7.05. The normalized spacial score (nSPS) is 17.3. The standard InChI is InChI=1S/C15H19N3O3/c1-10-2-4-11(5-3-10)6-7-13(19)16-9-8-12-14(20)18-15(21)17-12/h2-5,12H,6-9H2,1H3,(H,16,19)(H2,17,18,20,21). The van der Waals surface area contributed by atoms with Crippen LogP contribution in [0.2, 0.25) is 0 Å². The zero-order valence-electron chi connectivity index (χ0n) is 11.9. The van der Waals surface area contributed by atoms with Crippen molar-refractivity contribution in [1.29, 1.82) is 0 Å². The summed E-state index contributed by atoms with van der Waals surface area (Å²) in [5.74, 6) is -0.394. The molecule has 112 valence electrons. The molecule has 0 aromatic heterocycles. The van der Waals surface area contributed by atoms with E-state index in [0.29, 0.717) is 25.8 Å². The van der Waals surface area contributed by atoms with Gasteiger partial charge in [-0.3, -0.25) is 14.9 Å². The average molecular weight is 289 g/mol. The van der Waals surface area contributed by atoms with Gasteiger partial charge in [0, 0.05) is 13.0 Å². The van der Waals surface area contributed by atoms with Gasteiger partial charge in [-0.15, -0.1) is 0 Å². The number of rotatable bonds is 6. The van der Waals surface area contributed by atoms with Gasteiger partial charge in [0.15, 0.2) is 0 Å². The van der Waals surface area contributed by atoms with Crippen LogP contribution in [0.1, 0.15) is 24.0 Å². The third-order valence-corrected chi connectivity index (χ3v) is 3.38. The monoisotopic (exact) mass is 289 g/mol. The largest absolute Gasteiger partial charge is 0.356 e. The zero-order chi connectivity index (χ0) is 15.2. The molecule has 1 aliphatic heterocycles. The van der Waals surface area contributed by atoms with Gasteiger partial charge in [0.05, 0.1) is 0 Å². The first kappa shape index (κ1) is 15.0. The third-order valence-electron chi connectivity index (χ3n) is 3.38. The average Bonchev–Trinajstić information content (AvgIpc) is 2.76. The minimum Gasteiger partial charge on any atom is -0.356 e. The first-order valence-electron chi connectivity index (χ1n) is 6.98. The number of amides is 4. The highest BCUT2D eigenvalue weighted by Crippen LogP contribution is 2.05. The molecular formula is C15H19N3O3. The van der Waals surface area contributed by atoms with Crippen LogP contribution in [-0.2, 0) is 16.0 Å². The van der Waals surface area contributed by atoms with E-state index in [1.165, 1.54) is 5.56 Å². The van der Waals surface area contributed by atoms with Gasteiger partial charge in [0.25, 0.3) is 5.91 Å². The number of carbonyl (C=O) groups excluding carboxylic acids is 3. The fourth-order valence-corrected chi connectivity index (χ4v) is 2.12. The van der Waals surface area contributed by atoms with Crippen LogP contribution in [0.5, 0.6) is 0 Å². The summed E-state index contributed by atoms with van der Waals surface area (Å²) in [4.78, 5) is 33.9. The predicted molar refractivity (Wildman–Crippen MR) is 77.6 cm³/mol. The Bertz CT molecular complexity index is 540. The van der Waals surface area contributed by atoms with Crippen LogP contribution in [0, 0.1) is 6.92 Å². The Morgan fingerprint density at radius 3 is 2.57 bits per heavy atom. The van der Waals surface area contributed by atoms with Crippen molar-refractivity contribution in [1.82, 2.24) is 16.0 Å². The number of benzene rings is 1. The van der Waals surface area contributed by atoms with E-state index in [4.69, 9.17) is 0 Å². The maximum absolute atomic E-state index is 11.7. The molecule has 6 heteroatoms. The van der Waals surface area contributed by atoms with Crippen LogP contribution in [0.3, 0.4) is 0 Å². The first-order chi connectivity index (χ1) is 10.0. The molecule has 0 saturated carbocycles. The van der Waals surface area contributed by atoms with Crippen molar-refractivity contribution in [3.05, 3.63) is 35.4 Å². The Balaban J connectivity index is 1.65. The summed E-state index contributed by atoms with van der Waals surface area (Å²) in [5, 5.41) is 7.40. The minimum atomic E-state index is -0.546. The van der Waals surface area contributed by atoms with E-state index in [1.807, 2.05) is 31.2 Å². The second-order valence-electron chi connectivity index (χ2n) is 5.14. The van der Waals surface area contributed by atoms with Crippen LogP contribution in [0.25, 0.3) is 0 Å². The SMILES string of the molecule is Cc1ccc(CCC(=O)NCCC2NC(=O)NC2=O)cc1. The predicted octanol–water partition coefficient (Wildman–Crippen LogP) is 0.642. The van der Waals surface area contributed by atoms with Crippen molar-refractivity contribution in [2.75, 3.05) is 6.54 Å². The van der Waals surface area contributed by atoms with Crippen molar-refractivity contribution in [3.8, 4) is 0 Å². The lowest BCUT2D eigenvalue weighted by Gasteiger charge is -2.08. The number of carbonyl (C=O) groups is 3. The Morgan fingerprint density at radius 1 is 1.24 bits per heavy atom. The van der Waals surface area contributed by atoms with E-state index < -0.39 is 12.1 Å². The lowest BCUT2D eigenvalue weighted by atomic mass is 10.1. The van der Waals surface area contributed by atoms with Gasteiger partial charge in [0.1, 0.15) is 6.04 Å². The summed E-state index contributed by atoms with van der Waals surface area (Å²) in [7, 11) is 0.